The number of nitrogens with zero attached hydrogens (tertiary/aromatic N) is 1. The number of rotatable bonds is 7. The molecule has 156 valence electrons. The van der Waals surface area contributed by atoms with Crippen LogP contribution in [0.5, 0.6) is 5.75 Å². The first kappa shape index (κ1) is 21.4. The summed E-state index contributed by atoms with van der Waals surface area (Å²) < 4.78 is 25.8. The molecule has 1 aliphatic heterocycles. The summed E-state index contributed by atoms with van der Waals surface area (Å²) in [6.45, 7) is 5.82. The van der Waals surface area contributed by atoms with Gasteiger partial charge in [-0.05, 0) is 55.8 Å². The minimum atomic E-state index is -0.288. The molecule has 1 aliphatic rings. The van der Waals surface area contributed by atoms with Gasteiger partial charge in [0.15, 0.2) is 0 Å². The Morgan fingerprint density at radius 2 is 1.90 bits per heavy atom. The summed E-state index contributed by atoms with van der Waals surface area (Å²) in [5.74, 6) is 0.218. The van der Waals surface area contributed by atoms with Crippen molar-refractivity contribution in [2.24, 2.45) is 0 Å². The van der Waals surface area contributed by atoms with E-state index < -0.39 is 0 Å². The molecule has 2 aromatic rings. The Hall–Kier alpha value is -2.31. The van der Waals surface area contributed by atoms with E-state index in [1.54, 1.807) is 30.3 Å². The van der Waals surface area contributed by atoms with Crippen LogP contribution in [0.2, 0.25) is 5.02 Å². The molecule has 3 rings (SSSR count). The van der Waals surface area contributed by atoms with E-state index in [0.717, 1.165) is 0 Å². The Morgan fingerprint density at radius 3 is 2.55 bits per heavy atom. The van der Waals surface area contributed by atoms with E-state index in [1.807, 2.05) is 24.8 Å². The highest BCUT2D eigenvalue weighted by atomic mass is 35.5. The number of ether oxygens (including phenoxy) is 2. The van der Waals surface area contributed by atoms with Crippen LogP contribution < -0.4 is 15.0 Å². The van der Waals surface area contributed by atoms with Crippen LogP contribution in [0.25, 0.3) is 0 Å². The van der Waals surface area contributed by atoms with Crippen molar-refractivity contribution in [1.82, 2.24) is 5.32 Å². The number of anilines is 1. The monoisotopic (exact) mass is 420 g/mol. The third-order valence-electron chi connectivity index (χ3n) is 4.67. The Balaban J connectivity index is 1.46. The van der Waals surface area contributed by atoms with Gasteiger partial charge in [0.25, 0.3) is 0 Å². The second-order valence-electron chi connectivity index (χ2n) is 7.28. The topological polar surface area (TPSA) is 50.8 Å². The zero-order valence-corrected chi connectivity index (χ0v) is 17.4. The molecule has 1 fully saturated rings. The van der Waals surface area contributed by atoms with Gasteiger partial charge in [-0.15, -0.1) is 0 Å². The van der Waals surface area contributed by atoms with Gasteiger partial charge < -0.3 is 19.7 Å². The maximum Gasteiger partial charge on any atom is 0.223 e. The van der Waals surface area contributed by atoms with Crippen LogP contribution in [0.1, 0.15) is 25.8 Å². The Labute approximate surface area is 175 Å². The fraction of sp³-hybridized carbons (Fsp3) is 0.409. The first-order valence-corrected chi connectivity index (χ1v) is 10.1. The first-order valence-electron chi connectivity index (χ1n) is 9.74. The molecular weight excluding hydrogens is 395 g/mol. The molecule has 1 amide bonds. The van der Waals surface area contributed by atoms with Crippen molar-refractivity contribution >= 4 is 23.2 Å². The summed E-state index contributed by atoms with van der Waals surface area (Å²) in [7, 11) is 0. The van der Waals surface area contributed by atoms with Crippen LogP contribution in [0.4, 0.5) is 10.1 Å². The summed E-state index contributed by atoms with van der Waals surface area (Å²) in [5, 5.41) is 3.42. The summed E-state index contributed by atoms with van der Waals surface area (Å²) in [5.41, 5.74) is 1.28. The molecule has 5 nitrogen and oxygen atoms in total. The number of benzene rings is 2. The normalized spacial score (nSPS) is 19.1. The van der Waals surface area contributed by atoms with Gasteiger partial charge in [-0.3, -0.25) is 4.79 Å². The maximum atomic E-state index is 14.6. The van der Waals surface area contributed by atoms with Crippen LogP contribution in [0, 0.1) is 5.82 Å². The summed E-state index contributed by atoms with van der Waals surface area (Å²) in [6, 6.07) is 12.0. The molecule has 0 bridgehead atoms. The van der Waals surface area contributed by atoms with Crippen LogP contribution in [-0.2, 0) is 16.1 Å². The van der Waals surface area contributed by atoms with E-state index in [4.69, 9.17) is 21.1 Å². The van der Waals surface area contributed by atoms with E-state index in [1.165, 1.54) is 6.07 Å². The standard InChI is InChI=1S/C22H26ClFN2O3/c1-15-13-26(14-16(2)29-15)21-8-3-17(11-20(21)24)12-25-22(27)9-10-28-19-6-4-18(23)5-7-19/h3-8,11,15-16H,9-10,12-14H2,1-2H3,(H,25,27). The number of carbonyl (C=O) groups excluding carboxylic acids is 1. The van der Waals surface area contributed by atoms with Crippen LogP contribution >= 0.6 is 11.6 Å². The fourth-order valence-corrected chi connectivity index (χ4v) is 3.50. The molecule has 2 aromatic carbocycles. The number of hydrogen-bond donors (Lipinski definition) is 1. The summed E-state index contributed by atoms with van der Waals surface area (Å²) in [6.07, 6.45) is 0.339. The molecule has 1 heterocycles. The predicted molar refractivity (Wildman–Crippen MR) is 112 cm³/mol. The molecular formula is C22H26ClFN2O3. The number of hydrogen-bond acceptors (Lipinski definition) is 4. The van der Waals surface area contributed by atoms with Crippen molar-refractivity contribution < 1.29 is 18.7 Å². The van der Waals surface area contributed by atoms with Crippen molar-refractivity contribution in [3.8, 4) is 5.75 Å². The minimum Gasteiger partial charge on any atom is -0.493 e. The predicted octanol–water partition coefficient (Wildman–Crippen LogP) is 4.18. The van der Waals surface area contributed by atoms with Crippen molar-refractivity contribution in [1.29, 1.82) is 0 Å². The zero-order valence-electron chi connectivity index (χ0n) is 16.7. The second-order valence-corrected chi connectivity index (χ2v) is 7.71. The van der Waals surface area contributed by atoms with Gasteiger partial charge in [0.2, 0.25) is 5.91 Å². The number of morpholine rings is 1. The Bertz CT molecular complexity index is 821. The first-order chi connectivity index (χ1) is 13.9. The lowest BCUT2D eigenvalue weighted by Crippen LogP contribution is -2.45. The van der Waals surface area contributed by atoms with Gasteiger partial charge in [0, 0.05) is 24.7 Å². The van der Waals surface area contributed by atoms with Gasteiger partial charge in [-0.1, -0.05) is 17.7 Å². The molecule has 1 saturated heterocycles. The minimum absolute atomic E-state index is 0.0622. The number of carbonyl (C=O) groups is 1. The molecule has 0 aromatic heterocycles. The summed E-state index contributed by atoms with van der Waals surface area (Å²) in [4.78, 5) is 14.0. The van der Waals surface area contributed by atoms with Gasteiger partial charge in [-0.2, -0.15) is 0 Å². The molecule has 0 aliphatic carbocycles. The molecule has 2 unspecified atom stereocenters. The fourth-order valence-electron chi connectivity index (χ4n) is 3.37. The van der Waals surface area contributed by atoms with Crippen molar-refractivity contribution in [3.05, 3.63) is 58.9 Å². The van der Waals surface area contributed by atoms with Gasteiger partial charge in [0.1, 0.15) is 11.6 Å². The largest absolute Gasteiger partial charge is 0.493 e. The van der Waals surface area contributed by atoms with Crippen molar-refractivity contribution in [2.75, 3.05) is 24.6 Å². The number of halogens is 2. The molecule has 0 saturated carbocycles. The summed E-state index contributed by atoms with van der Waals surface area (Å²) >= 11 is 5.82. The molecule has 0 spiro atoms. The van der Waals surface area contributed by atoms with E-state index in [9.17, 15) is 9.18 Å². The van der Waals surface area contributed by atoms with E-state index in [-0.39, 0.29) is 43.5 Å². The van der Waals surface area contributed by atoms with Gasteiger partial charge >= 0.3 is 0 Å². The van der Waals surface area contributed by atoms with Crippen LogP contribution in [-0.4, -0.2) is 37.8 Å². The molecule has 29 heavy (non-hydrogen) atoms. The van der Waals surface area contributed by atoms with Crippen LogP contribution in [0.3, 0.4) is 0 Å². The Kier molecular flexibility index (Phi) is 7.34. The maximum absolute atomic E-state index is 14.6. The molecule has 0 radical (unpaired) electrons. The molecule has 1 N–H and O–H groups in total. The zero-order chi connectivity index (χ0) is 20.8. The van der Waals surface area contributed by atoms with Crippen LogP contribution in [0.15, 0.2) is 42.5 Å². The average molecular weight is 421 g/mol. The van der Waals surface area contributed by atoms with Crippen molar-refractivity contribution in [2.45, 2.75) is 39.0 Å². The third-order valence-corrected chi connectivity index (χ3v) is 4.93. The molecule has 2 atom stereocenters. The highest BCUT2D eigenvalue weighted by Crippen LogP contribution is 2.24. The van der Waals surface area contributed by atoms with Gasteiger partial charge in [0.05, 0.1) is 30.9 Å². The Morgan fingerprint density at radius 1 is 1.21 bits per heavy atom. The quantitative estimate of drug-likeness (QED) is 0.730. The highest BCUT2D eigenvalue weighted by Gasteiger charge is 2.24. The third kappa shape index (κ3) is 6.34. The van der Waals surface area contributed by atoms with E-state index >= 15 is 0 Å². The lowest BCUT2D eigenvalue weighted by Gasteiger charge is -2.37. The number of amides is 1. The lowest BCUT2D eigenvalue weighted by molar-refractivity contribution is -0.121. The smallest absolute Gasteiger partial charge is 0.223 e. The van der Waals surface area contributed by atoms with Gasteiger partial charge in [-0.25, -0.2) is 4.39 Å². The highest BCUT2D eigenvalue weighted by molar-refractivity contribution is 6.30. The molecule has 7 heteroatoms. The number of nitrogens with one attached hydrogen (secondary N) is 1. The van der Waals surface area contributed by atoms with E-state index in [2.05, 4.69) is 5.32 Å². The lowest BCUT2D eigenvalue weighted by atomic mass is 10.1. The average Bonchev–Trinajstić information content (AvgIpc) is 2.67. The SMILES string of the molecule is CC1CN(c2ccc(CNC(=O)CCOc3ccc(Cl)cc3)cc2F)CC(C)O1. The second kappa shape index (κ2) is 9.94. The van der Waals surface area contributed by atoms with Crippen molar-refractivity contribution in [3.63, 3.8) is 0 Å². The van der Waals surface area contributed by atoms with E-state index in [0.29, 0.717) is 35.1 Å².